The Morgan fingerprint density at radius 1 is 1.06 bits per heavy atom. The van der Waals surface area contributed by atoms with E-state index < -0.39 is 29.7 Å². The Morgan fingerprint density at radius 2 is 1.76 bits per heavy atom. The topological polar surface area (TPSA) is 122 Å². The minimum absolute atomic E-state index is 0.157. The number of carbonyl (C=O) groups is 2. The molecular formula is C23H26N4O6. The third-order valence-electron chi connectivity index (χ3n) is 5.03. The second kappa shape index (κ2) is 10.1. The molecule has 0 fully saturated rings. The summed E-state index contributed by atoms with van der Waals surface area (Å²) in [6, 6.07) is 6.11. The number of ether oxygens (including phenoxy) is 2. The van der Waals surface area contributed by atoms with Crippen LogP contribution >= 0.6 is 0 Å². The van der Waals surface area contributed by atoms with Crippen molar-refractivity contribution in [2.75, 3.05) is 18.5 Å². The number of rotatable bonds is 8. The summed E-state index contributed by atoms with van der Waals surface area (Å²) in [5.41, 5.74) is 0.363. The van der Waals surface area contributed by atoms with Gasteiger partial charge in [0.25, 0.3) is 5.56 Å². The number of nitrogens with one attached hydrogen (secondary N) is 1. The van der Waals surface area contributed by atoms with Crippen molar-refractivity contribution in [1.82, 2.24) is 14.1 Å². The summed E-state index contributed by atoms with van der Waals surface area (Å²) in [6.45, 7) is 5.51. The van der Waals surface area contributed by atoms with Crippen LogP contribution in [-0.2, 0) is 29.5 Å². The van der Waals surface area contributed by atoms with Gasteiger partial charge in [0.05, 0.1) is 18.8 Å². The number of hydrogen-bond acceptors (Lipinski definition) is 7. The van der Waals surface area contributed by atoms with Gasteiger partial charge in [-0.25, -0.2) is 19.1 Å². The number of aryl methyl sites for hydroxylation is 2. The van der Waals surface area contributed by atoms with Crippen LogP contribution in [0.2, 0.25) is 0 Å². The highest BCUT2D eigenvalue weighted by molar-refractivity contribution is 5.93. The summed E-state index contributed by atoms with van der Waals surface area (Å²) in [5.74, 6) is -0.670. The number of esters is 1. The Morgan fingerprint density at radius 3 is 2.36 bits per heavy atom. The first kappa shape index (κ1) is 23.7. The lowest BCUT2D eigenvalue weighted by Crippen LogP contribution is -2.42. The molecule has 1 aromatic carbocycles. The van der Waals surface area contributed by atoms with Crippen LogP contribution in [0.25, 0.3) is 11.0 Å². The number of fused-ring (bicyclic) bond motifs is 1. The van der Waals surface area contributed by atoms with Gasteiger partial charge >= 0.3 is 11.7 Å². The first-order chi connectivity index (χ1) is 15.8. The van der Waals surface area contributed by atoms with E-state index in [1.54, 1.807) is 20.0 Å². The van der Waals surface area contributed by atoms with Crippen LogP contribution in [0.5, 0.6) is 5.75 Å². The van der Waals surface area contributed by atoms with E-state index in [2.05, 4.69) is 10.3 Å². The Balaban J connectivity index is 1.95. The van der Waals surface area contributed by atoms with Crippen molar-refractivity contribution < 1.29 is 19.1 Å². The number of aromatic nitrogens is 3. The molecule has 0 aliphatic rings. The minimum atomic E-state index is -0.667. The second-order valence-corrected chi connectivity index (χ2v) is 7.18. The normalized spacial score (nSPS) is 10.8. The molecule has 10 heteroatoms. The van der Waals surface area contributed by atoms with E-state index in [-0.39, 0.29) is 17.6 Å². The third-order valence-corrected chi connectivity index (χ3v) is 5.03. The number of carbonyl (C=O) groups excluding carboxylic acids is 2. The van der Waals surface area contributed by atoms with Gasteiger partial charge in [0, 0.05) is 24.5 Å². The molecular weight excluding hydrogens is 428 g/mol. The van der Waals surface area contributed by atoms with Crippen molar-refractivity contribution in [3.63, 3.8) is 0 Å². The van der Waals surface area contributed by atoms with Gasteiger partial charge in [-0.2, -0.15) is 0 Å². The summed E-state index contributed by atoms with van der Waals surface area (Å²) in [6.07, 6.45) is 2.17. The maximum atomic E-state index is 13.2. The third kappa shape index (κ3) is 4.79. The molecule has 0 atom stereocenters. The van der Waals surface area contributed by atoms with Crippen molar-refractivity contribution in [2.45, 2.75) is 33.7 Å². The molecule has 3 rings (SSSR count). The molecule has 0 bridgehead atoms. The molecule has 0 radical (unpaired) electrons. The minimum Gasteiger partial charge on any atom is -0.493 e. The summed E-state index contributed by atoms with van der Waals surface area (Å²) in [4.78, 5) is 54.7. The van der Waals surface area contributed by atoms with E-state index in [0.717, 1.165) is 10.1 Å². The van der Waals surface area contributed by atoms with Crippen molar-refractivity contribution in [3.8, 4) is 5.75 Å². The van der Waals surface area contributed by atoms with Crippen molar-refractivity contribution in [1.29, 1.82) is 0 Å². The highest BCUT2D eigenvalue weighted by atomic mass is 16.5. The summed E-state index contributed by atoms with van der Waals surface area (Å²) in [5, 5.41) is 2.78. The maximum Gasteiger partial charge on any atom is 0.338 e. The highest BCUT2D eigenvalue weighted by Gasteiger charge is 2.20. The van der Waals surface area contributed by atoms with Gasteiger partial charge in [-0.05, 0) is 44.5 Å². The fraction of sp³-hybridized carbons (Fsp3) is 0.348. The second-order valence-electron chi connectivity index (χ2n) is 7.18. The zero-order chi connectivity index (χ0) is 24.1. The van der Waals surface area contributed by atoms with Crippen LogP contribution in [0.3, 0.4) is 0 Å². The highest BCUT2D eigenvalue weighted by Crippen LogP contribution is 2.25. The van der Waals surface area contributed by atoms with Crippen LogP contribution in [0.15, 0.2) is 40.1 Å². The van der Waals surface area contributed by atoms with E-state index in [1.807, 2.05) is 6.92 Å². The predicted molar refractivity (Wildman–Crippen MR) is 123 cm³/mol. The van der Waals surface area contributed by atoms with Gasteiger partial charge in [0.2, 0.25) is 5.91 Å². The molecule has 1 amide bonds. The Hall–Kier alpha value is -3.95. The lowest BCUT2D eigenvalue weighted by Gasteiger charge is -2.15. The molecule has 0 aliphatic heterocycles. The first-order valence-corrected chi connectivity index (χ1v) is 10.6. The van der Waals surface area contributed by atoms with E-state index >= 15 is 0 Å². The van der Waals surface area contributed by atoms with Gasteiger partial charge in [-0.15, -0.1) is 0 Å². The molecule has 0 saturated carbocycles. The van der Waals surface area contributed by atoms with Crippen LogP contribution in [0.1, 0.15) is 36.7 Å². The number of benzene rings is 1. The largest absolute Gasteiger partial charge is 0.493 e. The molecule has 10 nitrogen and oxygen atoms in total. The molecule has 0 aliphatic carbocycles. The van der Waals surface area contributed by atoms with Gasteiger partial charge in [0.15, 0.2) is 5.65 Å². The van der Waals surface area contributed by atoms with Crippen LogP contribution in [0, 0.1) is 0 Å². The number of hydrogen-bond donors (Lipinski definition) is 1. The summed E-state index contributed by atoms with van der Waals surface area (Å²) < 4.78 is 12.7. The van der Waals surface area contributed by atoms with Crippen LogP contribution < -0.4 is 21.3 Å². The molecule has 0 unspecified atom stereocenters. The standard InChI is InChI=1S/C23H26N4O6/c1-5-14-12-24-20-18(19(14)32-6-2)21(29)27(23(31)26(20)4)13-17(28)25-16-10-8-15(9-11-16)22(30)33-7-3/h8-12H,5-7,13H2,1-4H3,(H,25,28). The van der Waals surface area contributed by atoms with Crippen LogP contribution in [0.4, 0.5) is 5.69 Å². The number of anilines is 1. The Labute approximate surface area is 189 Å². The molecule has 3 aromatic rings. The molecule has 0 saturated heterocycles. The average molecular weight is 454 g/mol. The number of amides is 1. The summed E-state index contributed by atoms with van der Waals surface area (Å²) in [7, 11) is 1.49. The quantitative estimate of drug-likeness (QED) is 0.516. The lowest BCUT2D eigenvalue weighted by molar-refractivity contribution is -0.116. The smallest absolute Gasteiger partial charge is 0.338 e. The zero-order valence-electron chi connectivity index (χ0n) is 19.0. The van der Waals surface area contributed by atoms with Crippen molar-refractivity contribution in [2.24, 2.45) is 7.05 Å². The van der Waals surface area contributed by atoms with Crippen molar-refractivity contribution >= 4 is 28.6 Å². The SMILES string of the molecule is CCOC(=O)c1ccc(NC(=O)Cn2c(=O)c3c(OCC)c(CC)cnc3n(C)c2=O)cc1. The van der Waals surface area contributed by atoms with Gasteiger partial charge in [-0.1, -0.05) is 6.92 Å². The molecule has 2 aromatic heterocycles. The predicted octanol–water partition coefficient (Wildman–Crippen LogP) is 1.87. The number of pyridine rings is 1. The molecule has 2 heterocycles. The van der Waals surface area contributed by atoms with E-state index in [0.29, 0.717) is 30.0 Å². The van der Waals surface area contributed by atoms with Gasteiger partial charge in [0.1, 0.15) is 17.7 Å². The fourth-order valence-corrected chi connectivity index (χ4v) is 3.41. The van der Waals surface area contributed by atoms with E-state index in [9.17, 15) is 19.2 Å². The van der Waals surface area contributed by atoms with Gasteiger partial charge < -0.3 is 14.8 Å². The van der Waals surface area contributed by atoms with E-state index in [1.165, 1.54) is 35.9 Å². The van der Waals surface area contributed by atoms with Crippen LogP contribution in [-0.4, -0.2) is 39.2 Å². The number of nitrogens with zero attached hydrogens (tertiary/aromatic N) is 3. The Kier molecular flexibility index (Phi) is 7.27. The molecule has 1 N–H and O–H groups in total. The Bertz CT molecular complexity index is 1310. The molecule has 174 valence electrons. The average Bonchev–Trinajstić information content (AvgIpc) is 2.81. The first-order valence-electron chi connectivity index (χ1n) is 10.6. The molecule has 0 spiro atoms. The monoisotopic (exact) mass is 454 g/mol. The van der Waals surface area contributed by atoms with Crippen molar-refractivity contribution in [3.05, 3.63) is 62.4 Å². The fourth-order valence-electron chi connectivity index (χ4n) is 3.41. The lowest BCUT2D eigenvalue weighted by atomic mass is 10.1. The maximum absolute atomic E-state index is 13.2. The van der Waals surface area contributed by atoms with Gasteiger partial charge in [-0.3, -0.25) is 14.2 Å². The van der Waals surface area contributed by atoms with E-state index in [4.69, 9.17) is 9.47 Å². The molecule has 33 heavy (non-hydrogen) atoms. The zero-order valence-corrected chi connectivity index (χ0v) is 19.0. The summed E-state index contributed by atoms with van der Waals surface area (Å²) >= 11 is 0.